The first-order valence-electron chi connectivity index (χ1n) is 18.3. The minimum absolute atomic E-state index is 0.00394. The highest BCUT2D eigenvalue weighted by Gasteiger charge is 2.45. The van der Waals surface area contributed by atoms with Crippen LogP contribution in [0.5, 0.6) is 0 Å². The number of rotatable bonds is 26. The fraction of sp³-hybridized carbons (Fsp3) is 0.857. The van der Waals surface area contributed by atoms with Crippen molar-refractivity contribution in [2.75, 3.05) is 33.0 Å². The Morgan fingerprint density at radius 2 is 1.40 bits per heavy atom. The van der Waals surface area contributed by atoms with Crippen LogP contribution in [-0.4, -0.2) is 115 Å². The molecule has 6 N–H and O–H groups in total. The molecule has 1 fully saturated rings. The number of carbonyl (C=O) groups is 5. The Morgan fingerprint density at radius 3 is 1.96 bits per heavy atom. The monoisotopic (exact) mass is 717 g/mol. The highest BCUT2D eigenvalue weighted by molar-refractivity contribution is 5.87. The Bertz CT molecular complexity index is 1020. The van der Waals surface area contributed by atoms with E-state index in [2.05, 4.69) is 36.7 Å². The third-order valence-electron chi connectivity index (χ3n) is 8.82. The SMILES string of the molecule is CCCCC(CC)COC(=O)CCC(NC(=O)CCC(=O)NCCO[C@@H]1O[C@H](CO)[C@H](O)[C@H](O)[C@H]1NC(C)=O)C(=O)OCC(CC)CCCC. The number of carbonyl (C=O) groups excluding carboxylic acids is 5. The Hall–Kier alpha value is -2.85. The van der Waals surface area contributed by atoms with Gasteiger partial charge in [-0.25, -0.2) is 4.79 Å². The highest BCUT2D eigenvalue weighted by atomic mass is 16.7. The van der Waals surface area contributed by atoms with Crippen molar-refractivity contribution in [3.05, 3.63) is 0 Å². The zero-order chi connectivity index (χ0) is 37.5. The summed E-state index contributed by atoms with van der Waals surface area (Å²) in [7, 11) is 0. The van der Waals surface area contributed by atoms with Gasteiger partial charge in [-0.05, 0) is 31.1 Å². The highest BCUT2D eigenvalue weighted by Crippen LogP contribution is 2.22. The van der Waals surface area contributed by atoms with Gasteiger partial charge < -0.3 is 50.2 Å². The number of hydrogen-bond acceptors (Lipinski definition) is 12. The molecule has 1 heterocycles. The van der Waals surface area contributed by atoms with Crippen LogP contribution >= 0.6 is 0 Å². The van der Waals surface area contributed by atoms with Gasteiger partial charge in [0.15, 0.2) is 6.29 Å². The van der Waals surface area contributed by atoms with Crippen molar-refractivity contribution in [1.29, 1.82) is 0 Å². The van der Waals surface area contributed by atoms with Crippen molar-refractivity contribution >= 4 is 29.7 Å². The summed E-state index contributed by atoms with van der Waals surface area (Å²) in [5.74, 6) is -2.17. The molecule has 0 aromatic carbocycles. The molecular formula is C35H63N3O12. The van der Waals surface area contributed by atoms with Crippen LogP contribution in [0.15, 0.2) is 0 Å². The summed E-state index contributed by atoms with van der Waals surface area (Å²) in [5, 5.41) is 37.6. The van der Waals surface area contributed by atoms with Crippen LogP contribution < -0.4 is 16.0 Å². The van der Waals surface area contributed by atoms with Crippen LogP contribution in [0.25, 0.3) is 0 Å². The summed E-state index contributed by atoms with van der Waals surface area (Å²) in [6, 6.07) is -2.20. The second-order valence-electron chi connectivity index (χ2n) is 13.0. The largest absolute Gasteiger partial charge is 0.465 e. The third-order valence-corrected chi connectivity index (χ3v) is 8.82. The first-order valence-corrected chi connectivity index (χ1v) is 18.3. The normalized spacial score (nSPS) is 22.1. The van der Waals surface area contributed by atoms with Gasteiger partial charge in [0.25, 0.3) is 0 Å². The molecule has 0 bridgehead atoms. The van der Waals surface area contributed by atoms with E-state index in [4.69, 9.17) is 18.9 Å². The number of amides is 3. The minimum Gasteiger partial charge on any atom is -0.465 e. The molecule has 15 nitrogen and oxygen atoms in total. The molecule has 290 valence electrons. The minimum atomic E-state index is -1.47. The van der Waals surface area contributed by atoms with E-state index in [1.807, 2.05) is 6.92 Å². The Morgan fingerprint density at radius 1 is 0.800 bits per heavy atom. The van der Waals surface area contributed by atoms with E-state index in [1.54, 1.807) is 0 Å². The van der Waals surface area contributed by atoms with E-state index < -0.39 is 73.0 Å². The summed E-state index contributed by atoms with van der Waals surface area (Å²) in [6.45, 7) is 9.30. The molecule has 50 heavy (non-hydrogen) atoms. The Kier molecular flexibility index (Phi) is 23.5. The summed E-state index contributed by atoms with van der Waals surface area (Å²) < 4.78 is 22.1. The smallest absolute Gasteiger partial charge is 0.328 e. The molecule has 0 aromatic rings. The average molecular weight is 718 g/mol. The first-order chi connectivity index (χ1) is 23.9. The lowest BCUT2D eigenvalue weighted by Crippen LogP contribution is -2.64. The second-order valence-corrected chi connectivity index (χ2v) is 13.0. The maximum Gasteiger partial charge on any atom is 0.328 e. The lowest BCUT2D eigenvalue weighted by molar-refractivity contribution is -0.269. The van der Waals surface area contributed by atoms with Gasteiger partial charge in [-0.1, -0.05) is 66.2 Å². The van der Waals surface area contributed by atoms with Crippen LogP contribution in [0.1, 0.15) is 112 Å². The van der Waals surface area contributed by atoms with E-state index in [1.165, 1.54) is 6.92 Å². The van der Waals surface area contributed by atoms with Crippen molar-refractivity contribution in [1.82, 2.24) is 16.0 Å². The standard InChI is InChI=1S/C35H63N3O12/c1-6-10-12-24(8-3)21-48-30(43)17-14-26(34(46)49-22-25(9-4)13-11-7-2)38-29(42)16-15-28(41)36-18-19-47-35-31(37-23(5)40)33(45)32(44)27(20-39)50-35/h24-27,31-33,35,39,44-45H,6-22H2,1-5H3,(H,36,41)(H,37,40)(H,38,42)/t24?,25?,26?,27-,31-,32+,33-,35-/m1/s1. The number of hydrogen-bond donors (Lipinski definition) is 6. The fourth-order valence-electron chi connectivity index (χ4n) is 5.45. The molecule has 1 aliphatic rings. The zero-order valence-corrected chi connectivity index (χ0v) is 30.7. The molecule has 3 unspecified atom stereocenters. The molecule has 1 saturated heterocycles. The van der Waals surface area contributed by atoms with Crippen molar-refractivity contribution in [3.63, 3.8) is 0 Å². The van der Waals surface area contributed by atoms with Crippen molar-refractivity contribution in [2.24, 2.45) is 11.8 Å². The van der Waals surface area contributed by atoms with Gasteiger partial charge in [-0.2, -0.15) is 0 Å². The molecular weight excluding hydrogens is 654 g/mol. The topological polar surface area (TPSA) is 219 Å². The fourth-order valence-corrected chi connectivity index (χ4v) is 5.45. The molecule has 0 saturated carbocycles. The van der Waals surface area contributed by atoms with E-state index in [-0.39, 0.29) is 57.3 Å². The van der Waals surface area contributed by atoms with Crippen molar-refractivity contribution in [3.8, 4) is 0 Å². The van der Waals surface area contributed by atoms with E-state index in [0.29, 0.717) is 6.61 Å². The van der Waals surface area contributed by atoms with E-state index in [9.17, 15) is 39.3 Å². The van der Waals surface area contributed by atoms with Crippen LogP contribution in [0, 0.1) is 11.8 Å². The predicted octanol–water partition coefficient (Wildman–Crippen LogP) is 1.63. The van der Waals surface area contributed by atoms with Crippen LogP contribution in [-0.2, 0) is 42.9 Å². The predicted molar refractivity (Wildman–Crippen MR) is 183 cm³/mol. The molecule has 0 aliphatic carbocycles. The third kappa shape index (κ3) is 17.9. The van der Waals surface area contributed by atoms with Gasteiger partial charge in [0.1, 0.15) is 30.4 Å². The van der Waals surface area contributed by atoms with Gasteiger partial charge in [-0.3, -0.25) is 19.2 Å². The van der Waals surface area contributed by atoms with Crippen molar-refractivity contribution in [2.45, 2.75) is 148 Å². The molecule has 8 atom stereocenters. The number of nitrogens with one attached hydrogen (secondary N) is 3. The molecule has 0 aromatic heterocycles. The molecule has 1 rings (SSSR count). The zero-order valence-electron chi connectivity index (χ0n) is 30.7. The van der Waals surface area contributed by atoms with Crippen LogP contribution in [0.2, 0.25) is 0 Å². The van der Waals surface area contributed by atoms with Crippen LogP contribution in [0.3, 0.4) is 0 Å². The van der Waals surface area contributed by atoms with Crippen LogP contribution in [0.4, 0.5) is 0 Å². The number of unbranched alkanes of at least 4 members (excludes halogenated alkanes) is 2. The molecule has 15 heteroatoms. The summed E-state index contributed by atoms with van der Waals surface area (Å²) in [6.07, 6.45) is 1.97. The van der Waals surface area contributed by atoms with Gasteiger partial charge in [0.2, 0.25) is 17.7 Å². The van der Waals surface area contributed by atoms with E-state index in [0.717, 1.165) is 51.4 Å². The Balaban J connectivity index is 2.66. The van der Waals surface area contributed by atoms with E-state index >= 15 is 0 Å². The van der Waals surface area contributed by atoms with Gasteiger partial charge in [0, 0.05) is 32.7 Å². The second kappa shape index (κ2) is 26.0. The first kappa shape index (κ1) is 45.2. The quantitative estimate of drug-likeness (QED) is 0.0556. The summed E-state index contributed by atoms with van der Waals surface area (Å²) in [4.78, 5) is 62.4. The molecule has 1 aliphatic heterocycles. The average Bonchev–Trinajstić information content (AvgIpc) is 3.10. The summed E-state index contributed by atoms with van der Waals surface area (Å²) in [5.41, 5.74) is 0. The van der Waals surface area contributed by atoms with Gasteiger partial charge in [0.05, 0.1) is 26.4 Å². The number of esters is 2. The summed E-state index contributed by atoms with van der Waals surface area (Å²) >= 11 is 0. The molecule has 0 spiro atoms. The number of aliphatic hydroxyl groups is 3. The molecule has 0 radical (unpaired) electrons. The van der Waals surface area contributed by atoms with Crippen molar-refractivity contribution < 1.29 is 58.2 Å². The maximum absolute atomic E-state index is 13.1. The van der Waals surface area contributed by atoms with Gasteiger partial charge in [-0.15, -0.1) is 0 Å². The lowest BCUT2D eigenvalue weighted by atomic mass is 9.97. The molecule has 3 amide bonds. The Labute approximate surface area is 296 Å². The van der Waals surface area contributed by atoms with Gasteiger partial charge >= 0.3 is 11.9 Å². The number of aliphatic hydroxyl groups excluding tert-OH is 3. The number of ether oxygens (including phenoxy) is 4. The maximum atomic E-state index is 13.1. The lowest BCUT2D eigenvalue weighted by Gasteiger charge is -2.42.